The molecule has 0 unspecified atom stereocenters. The number of hydrogen-bond donors (Lipinski definition) is 2. The van der Waals surface area contributed by atoms with Crippen molar-refractivity contribution in [1.29, 1.82) is 0 Å². The Labute approximate surface area is 75.6 Å². The molecule has 0 saturated carbocycles. The zero-order valence-corrected chi connectivity index (χ0v) is 8.08. The Balaban J connectivity index is 3.27. The summed E-state index contributed by atoms with van der Waals surface area (Å²) in [5.41, 5.74) is 1.38. The number of H-pyrrole nitrogens is 1. The number of nitrogens with one attached hydrogen (secondary N) is 2. The molecule has 0 aromatic carbocycles. The number of carbonyl (C=O) groups excluding carboxylic acids is 1. The molecule has 0 aliphatic carbocycles. The Bertz CT molecular complexity index is 363. The quantitative estimate of drug-likeness (QED) is 0.634. The molecule has 0 aliphatic rings. The molecule has 0 bridgehead atoms. The largest absolute Gasteiger partial charge is 0.354 e. The topological polar surface area (TPSA) is 49.8 Å². The molecule has 0 fully saturated rings. The summed E-state index contributed by atoms with van der Waals surface area (Å²) < 4.78 is 2.33. The van der Waals surface area contributed by atoms with Crippen molar-refractivity contribution in [2.24, 2.45) is 7.05 Å². The van der Waals surface area contributed by atoms with Gasteiger partial charge < -0.3 is 14.9 Å². The molecule has 4 nitrogen and oxygen atoms in total. The van der Waals surface area contributed by atoms with E-state index in [4.69, 9.17) is 12.2 Å². The van der Waals surface area contributed by atoms with Gasteiger partial charge in [-0.15, -0.1) is 0 Å². The molecule has 1 amide bonds. The van der Waals surface area contributed by atoms with Gasteiger partial charge in [0.25, 0.3) is 5.91 Å². The highest BCUT2D eigenvalue weighted by Gasteiger charge is 2.10. The SMILES string of the molecule is CNC(=O)c1[nH]c(=S)n(C)c1C. The minimum absolute atomic E-state index is 0.140. The monoisotopic (exact) mass is 185 g/mol. The number of hydrogen-bond acceptors (Lipinski definition) is 2. The fraction of sp³-hybridized carbons (Fsp3) is 0.429. The van der Waals surface area contributed by atoms with Crippen LogP contribution in [0.25, 0.3) is 0 Å². The summed E-state index contributed by atoms with van der Waals surface area (Å²) in [5.74, 6) is -0.140. The molecular formula is C7H11N3OS. The van der Waals surface area contributed by atoms with E-state index in [0.29, 0.717) is 10.5 Å². The van der Waals surface area contributed by atoms with Gasteiger partial charge >= 0.3 is 0 Å². The maximum absolute atomic E-state index is 11.2. The molecule has 0 spiro atoms. The van der Waals surface area contributed by atoms with Gasteiger partial charge in [-0.25, -0.2) is 0 Å². The zero-order chi connectivity index (χ0) is 9.30. The van der Waals surface area contributed by atoms with Gasteiger partial charge in [-0.05, 0) is 19.1 Å². The molecule has 1 rings (SSSR count). The van der Waals surface area contributed by atoms with Crippen LogP contribution in [0.2, 0.25) is 0 Å². The summed E-state index contributed by atoms with van der Waals surface area (Å²) in [5, 5.41) is 2.53. The smallest absolute Gasteiger partial charge is 0.269 e. The summed E-state index contributed by atoms with van der Waals surface area (Å²) >= 11 is 4.96. The average Bonchev–Trinajstić information content (AvgIpc) is 2.32. The van der Waals surface area contributed by atoms with E-state index in [-0.39, 0.29) is 5.91 Å². The van der Waals surface area contributed by atoms with Crippen LogP contribution in [0.15, 0.2) is 0 Å². The molecule has 1 heterocycles. The first kappa shape index (κ1) is 8.99. The van der Waals surface area contributed by atoms with Crippen molar-refractivity contribution in [3.63, 3.8) is 0 Å². The predicted octanol–water partition coefficient (Wildman–Crippen LogP) is 0.751. The van der Waals surface area contributed by atoms with E-state index in [9.17, 15) is 4.79 Å². The van der Waals surface area contributed by atoms with Crippen LogP contribution in [0.1, 0.15) is 16.2 Å². The van der Waals surface area contributed by atoms with Crippen LogP contribution in [0.4, 0.5) is 0 Å². The molecule has 1 aromatic rings. The fourth-order valence-electron chi connectivity index (χ4n) is 0.947. The van der Waals surface area contributed by atoms with Crippen LogP contribution in [0.3, 0.4) is 0 Å². The van der Waals surface area contributed by atoms with Crippen LogP contribution in [0, 0.1) is 11.7 Å². The minimum atomic E-state index is -0.140. The van der Waals surface area contributed by atoms with Crippen molar-refractivity contribution in [3.05, 3.63) is 16.2 Å². The normalized spacial score (nSPS) is 9.92. The van der Waals surface area contributed by atoms with Gasteiger partial charge in [0.2, 0.25) is 0 Å². The van der Waals surface area contributed by atoms with E-state index < -0.39 is 0 Å². The molecule has 5 heteroatoms. The summed E-state index contributed by atoms with van der Waals surface area (Å²) in [6.07, 6.45) is 0. The standard InChI is InChI=1S/C7H11N3OS/c1-4-5(6(11)8-2)9-7(12)10(4)3/h1-3H3,(H,8,11)(H,9,12). The van der Waals surface area contributed by atoms with Crippen LogP contribution < -0.4 is 5.32 Å². The van der Waals surface area contributed by atoms with Gasteiger partial charge in [0.15, 0.2) is 4.77 Å². The Morgan fingerprint density at radius 3 is 2.58 bits per heavy atom. The summed E-state index contributed by atoms with van der Waals surface area (Å²) in [4.78, 5) is 14.0. The van der Waals surface area contributed by atoms with E-state index in [0.717, 1.165) is 5.69 Å². The van der Waals surface area contributed by atoms with Gasteiger partial charge in [-0.2, -0.15) is 0 Å². The number of carbonyl (C=O) groups is 1. The van der Waals surface area contributed by atoms with Gasteiger partial charge in [-0.1, -0.05) is 0 Å². The molecule has 0 radical (unpaired) electrons. The number of amides is 1. The Morgan fingerprint density at radius 2 is 2.25 bits per heavy atom. The van der Waals surface area contributed by atoms with Crippen molar-refractivity contribution < 1.29 is 4.79 Å². The summed E-state index contributed by atoms with van der Waals surface area (Å²) in [6, 6.07) is 0. The number of imidazole rings is 1. The third-order valence-electron chi connectivity index (χ3n) is 1.86. The molecule has 0 aliphatic heterocycles. The van der Waals surface area contributed by atoms with E-state index in [1.165, 1.54) is 0 Å². The van der Waals surface area contributed by atoms with Crippen molar-refractivity contribution in [1.82, 2.24) is 14.9 Å². The average molecular weight is 185 g/mol. The molecule has 12 heavy (non-hydrogen) atoms. The lowest BCUT2D eigenvalue weighted by Gasteiger charge is -1.97. The third-order valence-corrected chi connectivity index (χ3v) is 2.23. The van der Waals surface area contributed by atoms with Crippen molar-refractivity contribution in [2.45, 2.75) is 6.92 Å². The van der Waals surface area contributed by atoms with E-state index in [1.54, 1.807) is 11.6 Å². The second kappa shape index (κ2) is 3.10. The van der Waals surface area contributed by atoms with E-state index in [2.05, 4.69) is 10.3 Å². The van der Waals surface area contributed by atoms with Gasteiger partial charge in [0.05, 0.1) is 0 Å². The first-order valence-electron chi connectivity index (χ1n) is 3.55. The Hall–Kier alpha value is -1.10. The number of rotatable bonds is 1. The summed E-state index contributed by atoms with van der Waals surface area (Å²) in [6.45, 7) is 1.84. The van der Waals surface area contributed by atoms with Crippen LogP contribution >= 0.6 is 12.2 Å². The first-order valence-corrected chi connectivity index (χ1v) is 3.96. The highest BCUT2D eigenvalue weighted by molar-refractivity contribution is 7.71. The lowest BCUT2D eigenvalue weighted by atomic mass is 10.3. The van der Waals surface area contributed by atoms with Crippen LogP contribution in [0.5, 0.6) is 0 Å². The minimum Gasteiger partial charge on any atom is -0.354 e. The molecule has 0 atom stereocenters. The van der Waals surface area contributed by atoms with Crippen LogP contribution in [-0.2, 0) is 7.05 Å². The lowest BCUT2D eigenvalue weighted by molar-refractivity contribution is 0.0958. The first-order chi connectivity index (χ1) is 5.57. The number of aromatic nitrogens is 2. The second-order valence-electron chi connectivity index (χ2n) is 2.53. The van der Waals surface area contributed by atoms with E-state index in [1.807, 2.05) is 14.0 Å². The van der Waals surface area contributed by atoms with Gasteiger partial charge in [0, 0.05) is 19.8 Å². The number of aromatic amines is 1. The zero-order valence-electron chi connectivity index (χ0n) is 7.26. The highest BCUT2D eigenvalue weighted by atomic mass is 32.1. The number of nitrogens with zero attached hydrogens (tertiary/aromatic N) is 1. The molecule has 0 saturated heterocycles. The lowest BCUT2D eigenvalue weighted by Crippen LogP contribution is -2.19. The van der Waals surface area contributed by atoms with Gasteiger partial charge in [-0.3, -0.25) is 4.79 Å². The Morgan fingerprint density at radius 1 is 1.67 bits per heavy atom. The van der Waals surface area contributed by atoms with Crippen molar-refractivity contribution in [2.75, 3.05) is 7.05 Å². The Kier molecular flexibility index (Phi) is 2.32. The fourth-order valence-corrected chi connectivity index (χ4v) is 1.19. The maximum Gasteiger partial charge on any atom is 0.269 e. The molecule has 2 N–H and O–H groups in total. The van der Waals surface area contributed by atoms with Crippen LogP contribution in [-0.4, -0.2) is 22.5 Å². The molecule has 66 valence electrons. The maximum atomic E-state index is 11.2. The van der Waals surface area contributed by atoms with Gasteiger partial charge in [0.1, 0.15) is 5.69 Å². The molecular weight excluding hydrogens is 174 g/mol. The summed E-state index contributed by atoms with van der Waals surface area (Å²) in [7, 11) is 3.41. The predicted molar refractivity (Wildman–Crippen MR) is 48.7 cm³/mol. The van der Waals surface area contributed by atoms with Crippen molar-refractivity contribution in [3.8, 4) is 0 Å². The third kappa shape index (κ3) is 1.27. The van der Waals surface area contributed by atoms with Crippen molar-refractivity contribution >= 4 is 18.1 Å². The highest BCUT2D eigenvalue weighted by Crippen LogP contribution is 2.05. The second-order valence-corrected chi connectivity index (χ2v) is 2.92. The van der Waals surface area contributed by atoms with E-state index >= 15 is 0 Å². The molecule has 1 aromatic heterocycles.